The number of nitrogens with zero attached hydrogens (tertiary/aromatic N) is 3. The first kappa shape index (κ1) is 28.6. The summed E-state index contributed by atoms with van der Waals surface area (Å²) in [7, 11) is 1.60. The van der Waals surface area contributed by atoms with Crippen LogP contribution in [0.15, 0.2) is 24.3 Å². The van der Waals surface area contributed by atoms with Crippen LogP contribution in [-0.4, -0.2) is 59.2 Å². The van der Waals surface area contributed by atoms with Crippen LogP contribution in [-0.2, 0) is 23.5 Å². The van der Waals surface area contributed by atoms with Gasteiger partial charge in [0.2, 0.25) is 0 Å². The van der Waals surface area contributed by atoms with E-state index in [-0.39, 0.29) is 5.56 Å². The van der Waals surface area contributed by atoms with Gasteiger partial charge in [-0.15, -0.1) is 0 Å². The summed E-state index contributed by atoms with van der Waals surface area (Å²) in [5.41, 5.74) is 2.94. The van der Waals surface area contributed by atoms with Crippen LogP contribution in [0.25, 0.3) is 10.9 Å². The molecule has 5 rings (SSSR count). The largest absolute Gasteiger partial charge is 0.396 e. The van der Waals surface area contributed by atoms with Crippen LogP contribution in [0, 0.1) is 12.7 Å². The first-order valence-corrected chi connectivity index (χ1v) is 13.9. The van der Waals surface area contributed by atoms with Gasteiger partial charge in [0.15, 0.2) is 0 Å². The smallest absolute Gasteiger partial charge is 0.278 e. The molecule has 0 saturated carbocycles. The summed E-state index contributed by atoms with van der Waals surface area (Å²) in [6.07, 6.45) is 3.20. The Morgan fingerprint density at radius 3 is 2.60 bits per heavy atom. The van der Waals surface area contributed by atoms with Crippen molar-refractivity contribution in [1.29, 1.82) is 0 Å². The lowest BCUT2D eigenvalue weighted by atomic mass is 9.91. The molecule has 0 unspecified atom stereocenters. The lowest BCUT2D eigenvalue weighted by Gasteiger charge is -2.39. The fourth-order valence-electron chi connectivity index (χ4n) is 6.15. The summed E-state index contributed by atoms with van der Waals surface area (Å²) in [6, 6.07) is 5.37. The molecule has 2 aliphatic rings. The Balaban J connectivity index is 1.52. The van der Waals surface area contributed by atoms with Gasteiger partial charge in [0.1, 0.15) is 17.5 Å². The minimum atomic E-state index is -3.48. The number of alkyl halides is 2. The Bertz CT molecular complexity index is 1390. The van der Waals surface area contributed by atoms with E-state index in [9.17, 15) is 13.9 Å². The Kier molecular flexibility index (Phi) is 7.96. The first-order valence-electron chi connectivity index (χ1n) is 13.9. The van der Waals surface area contributed by atoms with Crippen molar-refractivity contribution in [2.75, 3.05) is 43.6 Å². The highest BCUT2D eigenvalue weighted by Gasteiger charge is 2.36. The number of hydrogen-bond acceptors (Lipinski definition) is 7. The van der Waals surface area contributed by atoms with Crippen LogP contribution in [0.1, 0.15) is 66.7 Å². The highest BCUT2D eigenvalue weighted by Crippen LogP contribution is 2.41. The van der Waals surface area contributed by atoms with Crippen LogP contribution in [0.5, 0.6) is 0 Å². The molecule has 1 aromatic heterocycles. The van der Waals surface area contributed by atoms with E-state index in [0.29, 0.717) is 44.2 Å². The maximum Gasteiger partial charge on any atom is 0.278 e. The van der Waals surface area contributed by atoms with Gasteiger partial charge in [0, 0.05) is 49.9 Å². The van der Waals surface area contributed by atoms with Crippen LogP contribution >= 0.6 is 0 Å². The number of aromatic nitrogens is 2. The molecule has 40 heavy (non-hydrogen) atoms. The summed E-state index contributed by atoms with van der Waals surface area (Å²) < 4.78 is 49.6. The van der Waals surface area contributed by atoms with E-state index in [4.69, 9.17) is 14.8 Å². The second-order valence-corrected chi connectivity index (χ2v) is 11.1. The van der Waals surface area contributed by atoms with Crippen LogP contribution in [0.4, 0.5) is 24.7 Å². The molecule has 3 aromatic rings. The fourth-order valence-corrected chi connectivity index (χ4v) is 6.15. The van der Waals surface area contributed by atoms with Gasteiger partial charge in [-0.2, -0.15) is 0 Å². The van der Waals surface area contributed by atoms with Gasteiger partial charge < -0.3 is 25.2 Å². The molecule has 3 N–H and O–H groups in total. The molecule has 1 atom stereocenters. The van der Waals surface area contributed by atoms with Crippen molar-refractivity contribution < 1.29 is 28.1 Å². The molecule has 2 heterocycles. The number of methoxy groups -OCH3 is 1. The van der Waals surface area contributed by atoms with E-state index in [0.717, 1.165) is 41.9 Å². The van der Waals surface area contributed by atoms with Crippen molar-refractivity contribution in [3.05, 3.63) is 58.2 Å². The maximum absolute atomic E-state index is 15.4. The third-order valence-corrected chi connectivity index (χ3v) is 8.27. The SMILES string of the molecule is COCC1(O)CCN(c2cc3c(N[C@H](C)c4cccc(C(F)(F)CCO)c4F)nc(C)nc3c3c2CCC3)CC1. The van der Waals surface area contributed by atoms with Crippen LogP contribution in [0.2, 0.25) is 0 Å². The topological polar surface area (TPSA) is 90.7 Å². The number of piperidine rings is 1. The van der Waals surface area contributed by atoms with Gasteiger partial charge in [-0.25, -0.2) is 23.1 Å². The van der Waals surface area contributed by atoms with Gasteiger partial charge in [-0.1, -0.05) is 18.2 Å². The predicted octanol–water partition coefficient (Wildman–Crippen LogP) is 5.19. The molecular weight excluding hydrogens is 521 g/mol. The molecular formula is C30H37F3N4O3. The number of ether oxygens (including phenoxy) is 1. The van der Waals surface area contributed by atoms with Gasteiger partial charge in [0.25, 0.3) is 5.92 Å². The highest BCUT2D eigenvalue weighted by atomic mass is 19.3. The van der Waals surface area contributed by atoms with Crippen molar-refractivity contribution in [2.24, 2.45) is 0 Å². The number of nitrogens with one attached hydrogen (secondary N) is 1. The second-order valence-electron chi connectivity index (χ2n) is 11.1. The molecule has 0 spiro atoms. The van der Waals surface area contributed by atoms with Crippen LogP contribution < -0.4 is 10.2 Å². The quantitative estimate of drug-likeness (QED) is 0.333. The average Bonchev–Trinajstić information content (AvgIpc) is 3.39. The number of rotatable bonds is 9. The molecule has 0 amide bonds. The molecule has 0 radical (unpaired) electrons. The predicted molar refractivity (Wildman–Crippen MR) is 149 cm³/mol. The Morgan fingerprint density at radius 1 is 1.18 bits per heavy atom. The zero-order valence-electron chi connectivity index (χ0n) is 23.2. The molecule has 1 saturated heterocycles. The van der Waals surface area contributed by atoms with E-state index in [1.807, 2.05) is 6.92 Å². The van der Waals surface area contributed by atoms with Crippen molar-refractivity contribution in [3.63, 3.8) is 0 Å². The lowest BCUT2D eigenvalue weighted by Crippen LogP contribution is -2.47. The van der Waals surface area contributed by atoms with E-state index in [1.165, 1.54) is 23.3 Å². The number of hydrogen-bond donors (Lipinski definition) is 3. The van der Waals surface area contributed by atoms with Crippen molar-refractivity contribution in [2.45, 2.75) is 69.9 Å². The number of anilines is 2. The molecule has 1 aliphatic heterocycles. The number of fused-ring (bicyclic) bond motifs is 3. The minimum Gasteiger partial charge on any atom is -0.396 e. The van der Waals surface area contributed by atoms with Gasteiger partial charge >= 0.3 is 0 Å². The summed E-state index contributed by atoms with van der Waals surface area (Å²) in [5.74, 6) is -3.39. The number of aryl methyl sites for hydroxylation is 2. The van der Waals surface area contributed by atoms with Gasteiger partial charge in [0.05, 0.1) is 29.3 Å². The number of halogens is 3. The lowest BCUT2D eigenvalue weighted by molar-refractivity contribution is -0.0472. The molecule has 2 aromatic carbocycles. The monoisotopic (exact) mass is 558 g/mol. The van der Waals surface area contributed by atoms with E-state index in [1.54, 1.807) is 14.0 Å². The molecule has 10 heteroatoms. The van der Waals surface area contributed by atoms with Crippen LogP contribution in [0.3, 0.4) is 0 Å². The normalized spacial score (nSPS) is 17.8. The van der Waals surface area contributed by atoms with Crippen molar-refractivity contribution in [3.8, 4) is 0 Å². The number of aliphatic hydroxyl groups excluding tert-OH is 1. The average molecular weight is 559 g/mol. The van der Waals surface area contributed by atoms with Gasteiger partial charge in [-0.05, 0) is 63.1 Å². The highest BCUT2D eigenvalue weighted by molar-refractivity contribution is 5.96. The fraction of sp³-hybridized carbons (Fsp3) is 0.533. The van der Waals surface area contributed by atoms with E-state index >= 15 is 4.39 Å². The summed E-state index contributed by atoms with van der Waals surface area (Å²) in [6.45, 7) is 4.45. The van der Waals surface area contributed by atoms with E-state index < -0.39 is 42.0 Å². The molecule has 1 aliphatic carbocycles. The first-order chi connectivity index (χ1) is 19.1. The molecule has 216 valence electrons. The van der Waals surface area contributed by atoms with E-state index in [2.05, 4.69) is 21.3 Å². The van der Waals surface area contributed by atoms with Gasteiger partial charge in [-0.3, -0.25) is 0 Å². The Hall–Kier alpha value is -2.95. The molecule has 7 nitrogen and oxygen atoms in total. The number of benzene rings is 2. The number of aliphatic hydroxyl groups is 2. The zero-order chi connectivity index (χ0) is 28.7. The third-order valence-electron chi connectivity index (χ3n) is 8.27. The zero-order valence-corrected chi connectivity index (χ0v) is 23.2. The summed E-state index contributed by atoms with van der Waals surface area (Å²) in [4.78, 5) is 11.7. The molecule has 0 bridgehead atoms. The summed E-state index contributed by atoms with van der Waals surface area (Å²) >= 11 is 0. The standard InChI is InChI=1S/C30H37F3N4O3/c1-18(20-6-5-9-24(26(20)31)30(32,33)12-15-38)34-28-23-16-25(37-13-10-29(39,11-14-37)17-40-3)21-7-4-8-22(21)27(23)35-19(2)36-28/h5-6,9,16,18,38-39H,4,7-8,10-15,17H2,1-3H3,(H,34,35,36)/t18-/m1/s1. The maximum atomic E-state index is 15.4. The summed E-state index contributed by atoms with van der Waals surface area (Å²) in [5, 5.41) is 24.0. The van der Waals surface area contributed by atoms with Crippen molar-refractivity contribution >= 4 is 22.4 Å². The third kappa shape index (κ3) is 5.36. The van der Waals surface area contributed by atoms with Crippen molar-refractivity contribution in [1.82, 2.24) is 9.97 Å². The molecule has 1 fully saturated rings. The Morgan fingerprint density at radius 2 is 1.90 bits per heavy atom. The second kappa shape index (κ2) is 11.1. The minimum absolute atomic E-state index is 0.0920. The Labute approximate surface area is 232 Å².